The van der Waals surface area contributed by atoms with E-state index in [4.69, 9.17) is 14.5 Å². The molecule has 0 unspecified atom stereocenters. The van der Waals surface area contributed by atoms with Gasteiger partial charge < -0.3 is 14.5 Å². The fraction of sp³-hybridized carbons (Fsp3) is 0.615. The lowest BCUT2D eigenvalue weighted by atomic mass is 9.87. The molecular weight excluding hydrogens is 386 g/mol. The summed E-state index contributed by atoms with van der Waals surface area (Å²) in [4.78, 5) is 12.5. The van der Waals surface area contributed by atoms with Gasteiger partial charge in [0.15, 0.2) is 5.82 Å². The fourth-order valence-electron chi connectivity index (χ4n) is 3.96. The van der Waals surface area contributed by atoms with Gasteiger partial charge in [-0.1, -0.05) is 52.9 Å². The highest BCUT2D eigenvalue weighted by molar-refractivity contribution is 5.69. The van der Waals surface area contributed by atoms with Crippen LogP contribution in [0.5, 0.6) is 11.5 Å². The van der Waals surface area contributed by atoms with Crippen LogP contribution >= 0.6 is 0 Å². The zero-order chi connectivity index (χ0) is 22.6. The minimum absolute atomic E-state index is 0.0839. The number of H-pyrrole nitrogens is 1. The van der Waals surface area contributed by atoms with E-state index >= 15 is 0 Å². The SMILES string of the molecule is C/C=N\c1nc(-c2cc(OCCC3CCCCC3)ccc2OC(C)C)[nH]c1CC.CC. The van der Waals surface area contributed by atoms with E-state index in [1.807, 2.05) is 52.8 Å². The van der Waals surface area contributed by atoms with Gasteiger partial charge in [0, 0.05) is 6.21 Å². The molecule has 1 aliphatic rings. The molecule has 31 heavy (non-hydrogen) atoms. The maximum absolute atomic E-state index is 6.11. The van der Waals surface area contributed by atoms with Crippen LogP contribution in [-0.4, -0.2) is 28.9 Å². The van der Waals surface area contributed by atoms with Crippen molar-refractivity contribution in [3.8, 4) is 22.9 Å². The molecule has 1 aromatic heterocycles. The molecule has 1 aliphatic carbocycles. The lowest BCUT2D eigenvalue weighted by molar-refractivity contribution is 0.239. The van der Waals surface area contributed by atoms with E-state index in [2.05, 4.69) is 16.9 Å². The Hall–Kier alpha value is -2.30. The van der Waals surface area contributed by atoms with Crippen molar-refractivity contribution in [2.24, 2.45) is 10.9 Å². The first kappa shape index (κ1) is 25.0. The lowest BCUT2D eigenvalue weighted by Crippen LogP contribution is -2.11. The first-order valence-electron chi connectivity index (χ1n) is 12.1. The molecule has 0 atom stereocenters. The number of rotatable bonds is 9. The zero-order valence-electron chi connectivity index (χ0n) is 20.3. The topological polar surface area (TPSA) is 59.5 Å². The second-order valence-corrected chi connectivity index (χ2v) is 8.09. The molecule has 0 amide bonds. The van der Waals surface area contributed by atoms with Gasteiger partial charge in [-0.15, -0.1) is 0 Å². The van der Waals surface area contributed by atoms with Gasteiger partial charge in [0.1, 0.15) is 17.3 Å². The predicted octanol–water partition coefficient (Wildman–Crippen LogP) is 7.52. The van der Waals surface area contributed by atoms with E-state index in [9.17, 15) is 0 Å². The second-order valence-electron chi connectivity index (χ2n) is 8.09. The van der Waals surface area contributed by atoms with Crippen LogP contribution in [-0.2, 0) is 6.42 Å². The first-order chi connectivity index (χ1) is 15.1. The molecule has 0 spiro atoms. The Balaban J connectivity index is 0.00000166. The van der Waals surface area contributed by atoms with Gasteiger partial charge in [-0.05, 0) is 57.7 Å². The third-order valence-electron chi connectivity index (χ3n) is 5.45. The van der Waals surface area contributed by atoms with E-state index in [0.717, 1.165) is 59.8 Å². The van der Waals surface area contributed by atoms with Gasteiger partial charge in [-0.2, -0.15) is 0 Å². The third-order valence-corrected chi connectivity index (χ3v) is 5.45. The van der Waals surface area contributed by atoms with Crippen molar-refractivity contribution < 1.29 is 9.47 Å². The van der Waals surface area contributed by atoms with Crippen LogP contribution in [0.1, 0.15) is 85.8 Å². The average Bonchev–Trinajstić information content (AvgIpc) is 3.19. The van der Waals surface area contributed by atoms with Crippen molar-refractivity contribution in [1.82, 2.24) is 9.97 Å². The van der Waals surface area contributed by atoms with Crippen LogP contribution in [0.4, 0.5) is 5.82 Å². The van der Waals surface area contributed by atoms with E-state index in [1.165, 1.54) is 32.1 Å². The van der Waals surface area contributed by atoms with E-state index in [-0.39, 0.29) is 6.10 Å². The molecule has 0 radical (unpaired) electrons. The number of aliphatic imine (C=N–C) groups is 1. The molecule has 1 aromatic carbocycles. The van der Waals surface area contributed by atoms with Gasteiger partial charge in [-0.3, -0.25) is 0 Å². The Bertz CT molecular complexity index is 805. The molecule has 1 saturated carbocycles. The van der Waals surface area contributed by atoms with Crippen molar-refractivity contribution in [2.75, 3.05) is 6.61 Å². The molecule has 3 rings (SSSR count). The van der Waals surface area contributed by atoms with Crippen LogP contribution < -0.4 is 9.47 Å². The quantitative estimate of drug-likeness (QED) is 0.421. The summed E-state index contributed by atoms with van der Waals surface area (Å²) < 4.78 is 12.2. The minimum Gasteiger partial charge on any atom is -0.494 e. The third kappa shape index (κ3) is 7.41. The molecular formula is C26H41N3O2. The molecule has 0 saturated heterocycles. The summed E-state index contributed by atoms with van der Waals surface area (Å²) in [6, 6.07) is 6.02. The molecule has 1 fully saturated rings. The Labute approximate surface area is 188 Å². The van der Waals surface area contributed by atoms with Crippen LogP contribution in [0, 0.1) is 5.92 Å². The number of aromatic nitrogens is 2. The molecule has 0 aliphatic heterocycles. The molecule has 5 heteroatoms. The number of nitrogens with one attached hydrogen (secondary N) is 1. The van der Waals surface area contributed by atoms with Gasteiger partial charge in [0.25, 0.3) is 0 Å². The summed E-state index contributed by atoms with van der Waals surface area (Å²) in [5.41, 5.74) is 1.94. The van der Waals surface area contributed by atoms with Crippen LogP contribution in [0.3, 0.4) is 0 Å². The smallest absolute Gasteiger partial charge is 0.173 e. The number of benzene rings is 1. The van der Waals surface area contributed by atoms with E-state index in [1.54, 1.807) is 6.21 Å². The predicted molar refractivity (Wildman–Crippen MR) is 131 cm³/mol. The standard InChI is InChI=1S/C24H35N3O2.C2H6/c1-5-21-24(25-6-2)27-23(26-21)20-16-19(12-13-22(20)29-17(3)4)28-15-14-18-10-8-7-9-11-18;1-2/h6,12-13,16-18H,5,7-11,14-15H2,1-4H3,(H,26,27);1-2H3/b25-6-;. The number of nitrogens with zero attached hydrogens (tertiary/aromatic N) is 2. The number of hydrogen-bond acceptors (Lipinski definition) is 4. The molecule has 0 bridgehead atoms. The normalized spacial score (nSPS) is 14.5. The van der Waals surface area contributed by atoms with Crippen LogP contribution in [0.2, 0.25) is 0 Å². The number of hydrogen-bond donors (Lipinski definition) is 1. The van der Waals surface area contributed by atoms with Gasteiger partial charge >= 0.3 is 0 Å². The summed E-state index contributed by atoms with van der Waals surface area (Å²) in [6.07, 6.45) is 10.7. The second kappa shape index (κ2) is 13.2. The van der Waals surface area contributed by atoms with Gasteiger partial charge in [0.2, 0.25) is 0 Å². The Kier molecular flexibility index (Phi) is 10.6. The van der Waals surface area contributed by atoms with E-state index < -0.39 is 0 Å². The average molecular weight is 428 g/mol. The number of aryl methyl sites for hydroxylation is 1. The van der Waals surface area contributed by atoms with Gasteiger partial charge in [-0.25, -0.2) is 9.98 Å². The Morgan fingerprint density at radius 1 is 1.19 bits per heavy atom. The van der Waals surface area contributed by atoms with Crippen molar-refractivity contribution in [3.63, 3.8) is 0 Å². The first-order valence-corrected chi connectivity index (χ1v) is 12.1. The summed E-state index contributed by atoms with van der Waals surface area (Å²) in [5.74, 6) is 4.00. The van der Waals surface area contributed by atoms with Crippen molar-refractivity contribution in [2.45, 2.75) is 92.6 Å². The highest BCUT2D eigenvalue weighted by Gasteiger charge is 2.17. The van der Waals surface area contributed by atoms with Crippen LogP contribution in [0.25, 0.3) is 11.4 Å². The van der Waals surface area contributed by atoms with Crippen molar-refractivity contribution in [1.29, 1.82) is 0 Å². The molecule has 5 nitrogen and oxygen atoms in total. The molecule has 1 heterocycles. The molecule has 1 N–H and O–H groups in total. The Morgan fingerprint density at radius 3 is 2.58 bits per heavy atom. The summed E-state index contributed by atoms with van der Waals surface area (Å²) in [6.45, 7) is 12.8. The summed E-state index contributed by atoms with van der Waals surface area (Å²) >= 11 is 0. The van der Waals surface area contributed by atoms with Crippen molar-refractivity contribution in [3.05, 3.63) is 23.9 Å². The number of ether oxygens (including phenoxy) is 2. The largest absolute Gasteiger partial charge is 0.494 e. The lowest BCUT2D eigenvalue weighted by Gasteiger charge is -2.21. The van der Waals surface area contributed by atoms with E-state index in [0.29, 0.717) is 0 Å². The highest BCUT2D eigenvalue weighted by atomic mass is 16.5. The van der Waals surface area contributed by atoms with Crippen molar-refractivity contribution >= 4 is 12.0 Å². The van der Waals surface area contributed by atoms with Crippen LogP contribution in [0.15, 0.2) is 23.2 Å². The summed E-state index contributed by atoms with van der Waals surface area (Å²) in [7, 11) is 0. The number of imidazole rings is 1. The minimum atomic E-state index is 0.0839. The summed E-state index contributed by atoms with van der Waals surface area (Å²) in [5, 5.41) is 0. The zero-order valence-corrected chi connectivity index (χ0v) is 20.3. The van der Waals surface area contributed by atoms with Gasteiger partial charge in [0.05, 0.1) is 24.0 Å². The number of aromatic amines is 1. The monoisotopic (exact) mass is 427 g/mol. The Morgan fingerprint density at radius 2 is 1.94 bits per heavy atom. The molecule has 172 valence electrons. The maximum atomic E-state index is 6.11. The molecule has 2 aromatic rings. The fourth-order valence-corrected chi connectivity index (χ4v) is 3.96. The highest BCUT2D eigenvalue weighted by Crippen LogP contribution is 2.35. The maximum Gasteiger partial charge on any atom is 0.173 e.